The van der Waals surface area contributed by atoms with Gasteiger partial charge in [0, 0.05) is 44.5 Å². The summed E-state index contributed by atoms with van der Waals surface area (Å²) in [7, 11) is 0. The van der Waals surface area contributed by atoms with E-state index in [0.29, 0.717) is 33.8 Å². The van der Waals surface area contributed by atoms with Gasteiger partial charge in [0.15, 0.2) is 0 Å². The number of thiophene rings is 1. The summed E-state index contributed by atoms with van der Waals surface area (Å²) >= 11 is 7.66. The molecule has 0 aliphatic heterocycles. The molecule has 40 heavy (non-hydrogen) atoms. The Labute approximate surface area is 244 Å². The predicted molar refractivity (Wildman–Crippen MR) is 165 cm³/mol. The van der Waals surface area contributed by atoms with Gasteiger partial charge >= 0.3 is 5.97 Å². The Bertz CT molecular complexity index is 1580. The van der Waals surface area contributed by atoms with Crippen LogP contribution in [0.4, 0.5) is 10.7 Å². The Morgan fingerprint density at radius 1 is 1.18 bits per heavy atom. The van der Waals surface area contributed by atoms with Crippen LogP contribution in [0.5, 0.6) is 0 Å². The first kappa shape index (κ1) is 28.1. The maximum absolute atomic E-state index is 13.7. The number of aromatic nitrogens is 1. The predicted octanol–water partition coefficient (Wildman–Crippen LogP) is 8.07. The average molecular weight is 576 g/mol. The molecule has 2 heterocycles. The molecule has 6 nitrogen and oxygen atoms in total. The number of amides is 1. The Kier molecular flexibility index (Phi) is 8.15. The number of anilines is 1. The zero-order valence-corrected chi connectivity index (χ0v) is 24.9. The minimum absolute atomic E-state index is 0.123. The molecule has 2 aromatic carbocycles. The molecule has 1 aliphatic carbocycles. The first-order valence-corrected chi connectivity index (χ1v) is 14.8. The van der Waals surface area contributed by atoms with Gasteiger partial charge in [-0.1, -0.05) is 50.6 Å². The fraction of sp³-hybridized carbons (Fsp3) is 0.344. The molecule has 1 atom stereocenters. The smallest absolute Gasteiger partial charge is 0.325 e. The van der Waals surface area contributed by atoms with Crippen LogP contribution >= 0.6 is 22.9 Å². The van der Waals surface area contributed by atoms with Crippen molar-refractivity contribution < 1.29 is 14.3 Å². The quantitative estimate of drug-likeness (QED) is 0.179. The maximum Gasteiger partial charge on any atom is 0.325 e. The number of aliphatic imine (C=N–C) groups is 1. The molecule has 0 fully saturated rings. The SMILES string of the molecule is CCOC(=O)Cn1cc(C=Nc2sc3c(c2C(=O)Nc2ccc(Cl)cc2)CC[C@@H](C(C)(C)C)C3)c2ccccc21. The fourth-order valence-electron chi connectivity index (χ4n) is 5.35. The van der Waals surface area contributed by atoms with Gasteiger partial charge in [-0.15, -0.1) is 11.3 Å². The molecule has 1 N–H and O–H groups in total. The molecule has 0 bridgehead atoms. The minimum Gasteiger partial charge on any atom is -0.465 e. The number of rotatable bonds is 7. The van der Waals surface area contributed by atoms with Crippen LogP contribution in [0.15, 0.2) is 59.7 Å². The molecule has 4 aromatic rings. The van der Waals surface area contributed by atoms with E-state index >= 15 is 0 Å². The highest BCUT2D eigenvalue weighted by molar-refractivity contribution is 7.16. The van der Waals surface area contributed by atoms with Crippen LogP contribution < -0.4 is 5.32 Å². The van der Waals surface area contributed by atoms with Crippen LogP contribution in [0.3, 0.4) is 0 Å². The van der Waals surface area contributed by atoms with E-state index in [1.807, 2.05) is 41.2 Å². The summed E-state index contributed by atoms with van der Waals surface area (Å²) in [6.45, 7) is 9.13. The van der Waals surface area contributed by atoms with Crippen molar-refractivity contribution in [2.24, 2.45) is 16.3 Å². The second kappa shape index (κ2) is 11.6. The zero-order chi connectivity index (χ0) is 28.4. The number of hydrogen-bond acceptors (Lipinski definition) is 5. The summed E-state index contributed by atoms with van der Waals surface area (Å²) in [5.41, 5.74) is 4.44. The van der Waals surface area contributed by atoms with Crippen LogP contribution in [0, 0.1) is 11.3 Å². The van der Waals surface area contributed by atoms with Gasteiger partial charge in [0.05, 0.1) is 12.2 Å². The van der Waals surface area contributed by atoms with E-state index in [9.17, 15) is 9.59 Å². The highest BCUT2D eigenvalue weighted by Crippen LogP contribution is 2.45. The van der Waals surface area contributed by atoms with E-state index in [0.717, 1.165) is 41.3 Å². The second-order valence-electron chi connectivity index (χ2n) is 11.2. The lowest BCUT2D eigenvalue weighted by Gasteiger charge is -2.33. The molecule has 0 spiro atoms. The van der Waals surface area contributed by atoms with E-state index in [4.69, 9.17) is 21.3 Å². The molecule has 1 aliphatic rings. The highest BCUT2D eigenvalue weighted by Gasteiger charge is 2.33. The molecule has 208 valence electrons. The van der Waals surface area contributed by atoms with E-state index in [2.05, 4.69) is 26.1 Å². The molecular weight excluding hydrogens is 542 g/mol. The van der Waals surface area contributed by atoms with Gasteiger partial charge in [-0.05, 0) is 73.4 Å². The van der Waals surface area contributed by atoms with Crippen LogP contribution in [-0.2, 0) is 28.9 Å². The molecule has 0 saturated heterocycles. The van der Waals surface area contributed by atoms with E-state index in [1.165, 1.54) is 4.88 Å². The summed E-state index contributed by atoms with van der Waals surface area (Å²) < 4.78 is 7.05. The molecule has 0 unspecified atom stereocenters. The van der Waals surface area contributed by atoms with Gasteiger partial charge in [-0.2, -0.15) is 0 Å². The third-order valence-electron chi connectivity index (χ3n) is 7.55. The van der Waals surface area contributed by atoms with Crippen molar-refractivity contribution in [1.29, 1.82) is 0 Å². The lowest BCUT2D eigenvalue weighted by molar-refractivity contribution is -0.143. The fourth-order valence-corrected chi connectivity index (χ4v) is 6.74. The Morgan fingerprint density at radius 3 is 2.65 bits per heavy atom. The zero-order valence-electron chi connectivity index (χ0n) is 23.3. The number of nitrogens with zero attached hydrogens (tertiary/aromatic N) is 2. The molecule has 2 aromatic heterocycles. The second-order valence-corrected chi connectivity index (χ2v) is 12.8. The van der Waals surface area contributed by atoms with Crippen LogP contribution in [0.1, 0.15) is 60.5 Å². The number of carbonyl (C=O) groups is 2. The summed E-state index contributed by atoms with van der Waals surface area (Å²) in [5, 5.41) is 5.35. The normalized spacial score (nSPS) is 15.4. The molecule has 8 heteroatoms. The van der Waals surface area contributed by atoms with Crippen molar-refractivity contribution in [3.05, 3.63) is 81.3 Å². The van der Waals surface area contributed by atoms with Crippen molar-refractivity contribution in [2.45, 2.75) is 53.5 Å². The number of benzene rings is 2. The summed E-state index contributed by atoms with van der Waals surface area (Å²) in [5.74, 6) is 0.0988. The highest BCUT2D eigenvalue weighted by atomic mass is 35.5. The number of para-hydroxylation sites is 1. The standard InChI is InChI=1S/C32H34ClN3O3S/c1-5-39-28(37)19-36-18-20(24-8-6-7-9-26(24)36)17-34-31-29(30(38)35-23-13-11-22(33)12-14-23)25-15-10-21(32(2,3)4)16-27(25)40-31/h6-9,11-14,17-18,21H,5,10,15-16,19H2,1-4H3,(H,35,38)/t21-/m1/s1. The van der Waals surface area contributed by atoms with E-state index in [1.54, 1.807) is 42.5 Å². The third kappa shape index (κ3) is 6.01. The molecule has 5 rings (SSSR count). The number of fused-ring (bicyclic) bond motifs is 2. The topological polar surface area (TPSA) is 72.7 Å². The number of ether oxygens (including phenoxy) is 1. The van der Waals surface area contributed by atoms with Crippen molar-refractivity contribution in [3.63, 3.8) is 0 Å². The molecule has 1 amide bonds. The first-order chi connectivity index (χ1) is 19.1. The first-order valence-electron chi connectivity index (χ1n) is 13.6. The van der Waals surface area contributed by atoms with Crippen molar-refractivity contribution in [2.75, 3.05) is 11.9 Å². The van der Waals surface area contributed by atoms with E-state index < -0.39 is 0 Å². The largest absolute Gasteiger partial charge is 0.465 e. The molecule has 0 radical (unpaired) electrons. The Hall–Kier alpha value is -3.42. The van der Waals surface area contributed by atoms with Gasteiger partial charge in [0.1, 0.15) is 11.5 Å². The van der Waals surface area contributed by atoms with Gasteiger partial charge < -0.3 is 14.6 Å². The third-order valence-corrected chi connectivity index (χ3v) is 8.96. The maximum atomic E-state index is 13.7. The average Bonchev–Trinajstić information content (AvgIpc) is 3.46. The Balaban J connectivity index is 1.52. The van der Waals surface area contributed by atoms with Gasteiger partial charge in [0.2, 0.25) is 0 Å². The van der Waals surface area contributed by atoms with E-state index in [-0.39, 0.29) is 23.8 Å². The lowest BCUT2D eigenvalue weighted by atomic mass is 9.72. The van der Waals surface area contributed by atoms with Crippen LogP contribution in [0.25, 0.3) is 10.9 Å². The number of hydrogen-bond donors (Lipinski definition) is 1. The monoisotopic (exact) mass is 575 g/mol. The van der Waals surface area contributed by atoms with Gasteiger partial charge in [-0.25, -0.2) is 4.99 Å². The molecular formula is C32H34ClN3O3S. The number of halogens is 1. The summed E-state index contributed by atoms with van der Waals surface area (Å²) in [6, 6.07) is 15.0. The summed E-state index contributed by atoms with van der Waals surface area (Å²) in [4.78, 5) is 32.0. The Morgan fingerprint density at radius 2 is 1.93 bits per heavy atom. The number of nitrogens with one attached hydrogen (secondary N) is 1. The van der Waals surface area contributed by atoms with Gasteiger partial charge in [0.25, 0.3) is 5.91 Å². The van der Waals surface area contributed by atoms with Crippen molar-refractivity contribution in [3.8, 4) is 0 Å². The molecule has 0 saturated carbocycles. The van der Waals surface area contributed by atoms with Crippen LogP contribution in [0.2, 0.25) is 5.02 Å². The van der Waals surface area contributed by atoms with Gasteiger partial charge in [-0.3, -0.25) is 9.59 Å². The van der Waals surface area contributed by atoms with Crippen molar-refractivity contribution >= 4 is 62.6 Å². The summed E-state index contributed by atoms with van der Waals surface area (Å²) in [6.07, 6.45) is 6.56. The van der Waals surface area contributed by atoms with Crippen molar-refractivity contribution in [1.82, 2.24) is 4.57 Å². The van der Waals surface area contributed by atoms with Crippen LogP contribution in [-0.4, -0.2) is 29.3 Å². The minimum atomic E-state index is -0.285. The number of carbonyl (C=O) groups excluding carboxylic acids is 2. The number of esters is 1. The lowest BCUT2D eigenvalue weighted by Crippen LogP contribution is -2.27.